The van der Waals surface area contributed by atoms with Gasteiger partial charge in [0.05, 0.1) is 11.0 Å². The molecule has 1 aromatic carbocycles. The molecule has 0 aromatic heterocycles. The lowest BCUT2D eigenvalue weighted by Gasteiger charge is -2.33. The molecule has 1 aromatic rings. The second-order valence-electron chi connectivity index (χ2n) is 6.53. The normalized spacial score (nSPS) is 20.7. The Morgan fingerprint density at radius 2 is 1.86 bits per heavy atom. The highest BCUT2D eigenvalue weighted by Gasteiger charge is 2.35. The van der Waals surface area contributed by atoms with Crippen molar-refractivity contribution in [3.8, 4) is 0 Å². The quantitative estimate of drug-likeness (QED) is 0.843. The first-order chi connectivity index (χ1) is 10.4. The second kappa shape index (κ2) is 7.11. The molecule has 0 saturated heterocycles. The van der Waals surface area contributed by atoms with E-state index in [2.05, 4.69) is 13.8 Å². The fourth-order valence-corrected chi connectivity index (χ4v) is 4.49. The Morgan fingerprint density at radius 3 is 2.41 bits per heavy atom. The van der Waals surface area contributed by atoms with Crippen molar-refractivity contribution >= 4 is 10.0 Å². The number of hydrogen-bond donors (Lipinski definition) is 2. The standard InChI is InChI=1S/C17H27NO3S/c1-3-12(2)16(17(19)13-8-4-5-9-13)14-10-6-7-11-15(14)22(18,20)21/h6-7,10-13,16-17,19H,3-5,8-9H2,1-2H3,(H2,18,20,21)/t12-,16-,17?/m0/s1. The fraction of sp³-hybridized carbons (Fsp3) is 0.647. The SMILES string of the molecule is CC[C@H](C)[C@@H](c1ccccc1S(N)(=O)=O)C(O)C1CCCC1. The van der Waals surface area contributed by atoms with Crippen LogP contribution in [0.5, 0.6) is 0 Å². The number of benzene rings is 1. The van der Waals surface area contributed by atoms with Crippen molar-refractivity contribution in [3.63, 3.8) is 0 Å². The molecule has 0 amide bonds. The van der Waals surface area contributed by atoms with E-state index in [0.717, 1.165) is 32.1 Å². The lowest BCUT2D eigenvalue weighted by Crippen LogP contribution is -2.32. The highest BCUT2D eigenvalue weighted by Crippen LogP contribution is 2.40. The molecule has 4 nitrogen and oxygen atoms in total. The van der Waals surface area contributed by atoms with Gasteiger partial charge in [0.15, 0.2) is 0 Å². The minimum atomic E-state index is -3.79. The van der Waals surface area contributed by atoms with Crippen molar-refractivity contribution in [1.29, 1.82) is 0 Å². The number of aliphatic hydroxyl groups is 1. The monoisotopic (exact) mass is 325 g/mol. The molecular formula is C17H27NO3S. The van der Waals surface area contributed by atoms with E-state index in [-0.39, 0.29) is 22.6 Å². The molecule has 124 valence electrons. The van der Waals surface area contributed by atoms with E-state index >= 15 is 0 Å². The summed E-state index contributed by atoms with van der Waals surface area (Å²) in [5, 5.41) is 16.3. The molecular weight excluding hydrogens is 298 g/mol. The van der Waals surface area contributed by atoms with Crippen LogP contribution in [0, 0.1) is 11.8 Å². The third kappa shape index (κ3) is 3.70. The maximum Gasteiger partial charge on any atom is 0.238 e. The number of primary sulfonamides is 1. The van der Waals surface area contributed by atoms with Gasteiger partial charge in [-0.2, -0.15) is 0 Å². The van der Waals surface area contributed by atoms with Gasteiger partial charge >= 0.3 is 0 Å². The van der Waals surface area contributed by atoms with Crippen LogP contribution in [0.15, 0.2) is 29.2 Å². The van der Waals surface area contributed by atoms with E-state index in [1.54, 1.807) is 18.2 Å². The Balaban J connectivity index is 2.46. The molecule has 3 N–H and O–H groups in total. The maximum absolute atomic E-state index is 11.9. The van der Waals surface area contributed by atoms with Crippen molar-refractivity contribution in [3.05, 3.63) is 29.8 Å². The van der Waals surface area contributed by atoms with Crippen LogP contribution in [0.2, 0.25) is 0 Å². The van der Waals surface area contributed by atoms with E-state index < -0.39 is 16.1 Å². The van der Waals surface area contributed by atoms with Crippen LogP contribution >= 0.6 is 0 Å². The molecule has 0 heterocycles. The number of aliphatic hydroxyl groups excluding tert-OH is 1. The summed E-state index contributed by atoms with van der Waals surface area (Å²) >= 11 is 0. The average molecular weight is 325 g/mol. The summed E-state index contributed by atoms with van der Waals surface area (Å²) in [4.78, 5) is 0.150. The molecule has 1 fully saturated rings. The van der Waals surface area contributed by atoms with Crippen molar-refractivity contribution in [2.75, 3.05) is 0 Å². The molecule has 5 heteroatoms. The van der Waals surface area contributed by atoms with Crippen molar-refractivity contribution in [2.24, 2.45) is 17.0 Å². The van der Waals surface area contributed by atoms with Gasteiger partial charge in [-0.25, -0.2) is 13.6 Å². The lowest BCUT2D eigenvalue weighted by atomic mass is 9.76. The molecule has 0 spiro atoms. The Kier molecular flexibility index (Phi) is 5.64. The Hall–Kier alpha value is -0.910. The third-order valence-corrected chi connectivity index (χ3v) is 6.08. The summed E-state index contributed by atoms with van der Waals surface area (Å²) in [7, 11) is -3.79. The van der Waals surface area contributed by atoms with Gasteiger partial charge < -0.3 is 5.11 Å². The van der Waals surface area contributed by atoms with Crippen LogP contribution in [0.4, 0.5) is 0 Å². The van der Waals surface area contributed by atoms with Crippen LogP contribution in [0.3, 0.4) is 0 Å². The molecule has 1 aliphatic rings. The van der Waals surface area contributed by atoms with Crippen LogP contribution in [0.1, 0.15) is 57.4 Å². The zero-order valence-corrected chi connectivity index (χ0v) is 14.2. The summed E-state index contributed by atoms with van der Waals surface area (Å²) in [6, 6.07) is 6.84. The summed E-state index contributed by atoms with van der Waals surface area (Å²) in [5.41, 5.74) is 0.666. The smallest absolute Gasteiger partial charge is 0.238 e. The minimum absolute atomic E-state index is 0.150. The lowest BCUT2D eigenvalue weighted by molar-refractivity contribution is 0.0618. The van der Waals surface area contributed by atoms with Crippen LogP contribution in [-0.4, -0.2) is 19.6 Å². The van der Waals surface area contributed by atoms with Gasteiger partial charge in [-0.15, -0.1) is 0 Å². The molecule has 0 radical (unpaired) electrons. The van der Waals surface area contributed by atoms with E-state index in [0.29, 0.717) is 5.56 Å². The van der Waals surface area contributed by atoms with Crippen LogP contribution < -0.4 is 5.14 Å². The zero-order valence-electron chi connectivity index (χ0n) is 13.4. The van der Waals surface area contributed by atoms with E-state index in [4.69, 9.17) is 5.14 Å². The Morgan fingerprint density at radius 1 is 1.27 bits per heavy atom. The van der Waals surface area contributed by atoms with E-state index in [1.165, 1.54) is 0 Å². The predicted octanol–water partition coefficient (Wildman–Crippen LogP) is 3.01. The van der Waals surface area contributed by atoms with Gasteiger partial charge in [0.25, 0.3) is 0 Å². The summed E-state index contributed by atoms with van der Waals surface area (Å²) in [6.07, 6.45) is 4.70. The predicted molar refractivity (Wildman–Crippen MR) is 88.0 cm³/mol. The van der Waals surface area contributed by atoms with Crippen molar-refractivity contribution in [2.45, 2.75) is 62.9 Å². The molecule has 1 unspecified atom stereocenters. The molecule has 0 aliphatic heterocycles. The molecule has 1 aliphatic carbocycles. The highest BCUT2D eigenvalue weighted by molar-refractivity contribution is 7.89. The minimum Gasteiger partial charge on any atom is -0.392 e. The van der Waals surface area contributed by atoms with Gasteiger partial charge in [0, 0.05) is 5.92 Å². The van der Waals surface area contributed by atoms with Gasteiger partial charge in [-0.05, 0) is 36.3 Å². The van der Waals surface area contributed by atoms with Crippen molar-refractivity contribution < 1.29 is 13.5 Å². The third-order valence-electron chi connectivity index (χ3n) is 5.09. The highest BCUT2D eigenvalue weighted by atomic mass is 32.2. The van der Waals surface area contributed by atoms with E-state index in [9.17, 15) is 13.5 Å². The van der Waals surface area contributed by atoms with Crippen LogP contribution in [0.25, 0.3) is 0 Å². The molecule has 3 atom stereocenters. The summed E-state index contributed by atoms with van der Waals surface area (Å²) in [6.45, 7) is 4.14. The van der Waals surface area contributed by atoms with Crippen LogP contribution in [-0.2, 0) is 10.0 Å². The molecule has 0 bridgehead atoms. The molecule has 2 rings (SSSR count). The van der Waals surface area contributed by atoms with Gasteiger partial charge in [-0.1, -0.05) is 51.3 Å². The van der Waals surface area contributed by atoms with Crippen molar-refractivity contribution in [1.82, 2.24) is 0 Å². The summed E-state index contributed by atoms with van der Waals surface area (Å²) < 4.78 is 23.8. The number of hydrogen-bond acceptors (Lipinski definition) is 3. The maximum atomic E-state index is 11.9. The Labute approximate surface area is 133 Å². The number of sulfonamides is 1. The second-order valence-corrected chi connectivity index (χ2v) is 8.06. The van der Waals surface area contributed by atoms with E-state index in [1.807, 2.05) is 6.07 Å². The molecule has 22 heavy (non-hydrogen) atoms. The first kappa shape index (κ1) is 17.4. The first-order valence-electron chi connectivity index (χ1n) is 8.16. The number of rotatable bonds is 6. The van der Waals surface area contributed by atoms with Gasteiger partial charge in [0.1, 0.15) is 0 Å². The number of nitrogens with two attached hydrogens (primary N) is 1. The molecule has 1 saturated carbocycles. The summed E-state index contributed by atoms with van der Waals surface area (Å²) in [5.74, 6) is 0.258. The zero-order chi connectivity index (χ0) is 16.3. The van der Waals surface area contributed by atoms with Gasteiger partial charge in [0.2, 0.25) is 10.0 Å². The average Bonchev–Trinajstić information content (AvgIpc) is 3.01. The van der Waals surface area contributed by atoms with Gasteiger partial charge in [-0.3, -0.25) is 0 Å². The Bertz CT molecular complexity index is 594. The first-order valence-corrected chi connectivity index (χ1v) is 9.70. The largest absolute Gasteiger partial charge is 0.392 e. The topological polar surface area (TPSA) is 80.4 Å². The fourth-order valence-electron chi connectivity index (χ4n) is 3.69.